The number of H-pyrrole nitrogens is 4. The number of carboxylic acids is 1. The molecule has 4 aromatic rings. The van der Waals surface area contributed by atoms with Crippen LogP contribution in [0, 0.1) is 0 Å². The zero-order chi connectivity index (χ0) is 37.5. The Bertz CT molecular complexity index is 1730. The highest BCUT2D eigenvalue weighted by Crippen LogP contribution is 2.08. The standard InChI is InChI=1S/C30H41N15O7/c31-20(4-16-8-33-12-38-16)25(46)43-22(5-17-9-34-13-39-17)27(48)42-21(2-1-3-37-30(32)52)26(47)44-23(6-18-10-35-14-40-18)28(49)45-24(29(50)51)7-19-11-36-15-41-19/h8-15,20-24H,1-7,31H2,(H,33,38)(H,34,39)(H,35,40)(H,36,41)(H,42,48)(H,43,46)(H,44,47)(H,45,49)(H,50,51)(H3,32,37,52)/t20-,21-,22-,23-,24-/m0/s1. The van der Waals surface area contributed by atoms with Gasteiger partial charge in [0, 0.05) is 57.0 Å². The summed E-state index contributed by atoms with van der Waals surface area (Å²) in [5.41, 5.74) is 13.0. The molecule has 0 bridgehead atoms. The van der Waals surface area contributed by atoms with E-state index in [2.05, 4.69) is 66.5 Å². The minimum Gasteiger partial charge on any atom is -0.480 e. The van der Waals surface area contributed by atoms with E-state index in [1.807, 2.05) is 0 Å². The summed E-state index contributed by atoms with van der Waals surface area (Å²) in [5.74, 6) is -4.42. The number of carbonyl (C=O) groups excluding carboxylic acids is 5. The third-order valence-corrected chi connectivity index (χ3v) is 7.71. The van der Waals surface area contributed by atoms with E-state index in [1.54, 1.807) is 6.20 Å². The maximum absolute atomic E-state index is 13.9. The SMILES string of the molecule is NC(=O)NCCC[C@H](NC(=O)[C@H](Cc1c[nH]cn1)NC(=O)[C@@H](N)Cc1c[nH]cn1)C(=O)N[C@@H](Cc1c[nH]cn1)C(=O)N[C@@H](Cc1c[nH]cn1)C(=O)O. The molecule has 0 aliphatic carbocycles. The molecule has 0 saturated carbocycles. The number of nitrogens with two attached hydrogens (primary N) is 2. The number of nitrogens with one attached hydrogen (secondary N) is 9. The molecule has 0 aromatic carbocycles. The molecule has 14 N–H and O–H groups in total. The first kappa shape index (κ1) is 38.2. The molecule has 5 atom stereocenters. The molecule has 0 radical (unpaired) electrons. The number of rotatable bonds is 21. The van der Waals surface area contributed by atoms with E-state index >= 15 is 0 Å². The number of amides is 6. The summed E-state index contributed by atoms with van der Waals surface area (Å²) in [5, 5.41) is 22.5. The number of aromatic nitrogens is 8. The van der Waals surface area contributed by atoms with Crippen molar-refractivity contribution in [3.63, 3.8) is 0 Å². The normalized spacial score (nSPS) is 13.9. The Hall–Kier alpha value is -6.58. The van der Waals surface area contributed by atoms with Crippen LogP contribution in [0.5, 0.6) is 0 Å². The van der Waals surface area contributed by atoms with Crippen molar-refractivity contribution in [3.05, 3.63) is 72.9 Å². The van der Waals surface area contributed by atoms with Crippen molar-refractivity contribution < 1.29 is 33.9 Å². The highest BCUT2D eigenvalue weighted by atomic mass is 16.4. The van der Waals surface area contributed by atoms with Crippen molar-refractivity contribution in [2.24, 2.45) is 11.5 Å². The molecule has 0 saturated heterocycles. The number of aromatic amines is 4. The Balaban J connectivity index is 1.52. The Kier molecular flexibility index (Phi) is 14.0. The van der Waals surface area contributed by atoms with Gasteiger partial charge in [0.25, 0.3) is 0 Å². The van der Waals surface area contributed by atoms with Gasteiger partial charge in [-0.25, -0.2) is 29.5 Å². The molecule has 0 spiro atoms. The Morgan fingerprint density at radius 1 is 0.596 bits per heavy atom. The lowest BCUT2D eigenvalue weighted by Crippen LogP contribution is -2.59. The van der Waals surface area contributed by atoms with Crippen LogP contribution in [0.15, 0.2) is 50.1 Å². The number of aliphatic carboxylic acids is 1. The summed E-state index contributed by atoms with van der Waals surface area (Å²) in [6, 6.07) is -7.17. The van der Waals surface area contributed by atoms with E-state index < -0.39 is 65.8 Å². The Labute approximate surface area is 295 Å². The summed E-state index contributed by atoms with van der Waals surface area (Å²) < 4.78 is 0. The van der Waals surface area contributed by atoms with Crippen molar-refractivity contribution in [1.82, 2.24) is 66.5 Å². The fourth-order valence-electron chi connectivity index (χ4n) is 5.06. The van der Waals surface area contributed by atoms with Gasteiger partial charge in [-0.2, -0.15) is 0 Å². The van der Waals surface area contributed by atoms with E-state index in [1.165, 1.54) is 43.9 Å². The van der Waals surface area contributed by atoms with Gasteiger partial charge in [-0.1, -0.05) is 0 Å². The van der Waals surface area contributed by atoms with E-state index in [0.717, 1.165) is 0 Å². The Morgan fingerprint density at radius 2 is 0.981 bits per heavy atom. The first-order chi connectivity index (χ1) is 25.0. The van der Waals surface area contributed by atoms with Crippen LogP contribution in [0.3, 0.4) is 0 Å². The number of hydrogen-bond donors (Lipinski definition) is 12. The number of imidazole rings is 4. The molecule has 52 heavy (non-hydrogen) atoms. The fourth-order valence-corrected chi connectivity index (χ4v) is 5.06. The third kappa shape index (κ3) is 12.1. The monoisotopic (exact) mass is 723 g/mol. The molecule has 4 rings (SSSR count). The van der Waals surface area contributed by atoms with Crippen molar-refractivity contribution in [2.45, 2.75) is 68.7 Å². The van der Waals surface area contributed by atoms with E-state index in [9.17, 15) is 33.9 Å². The largest absolute Gasteiger partial charge is 0.480 e. The summed E-state index contributed by atoms with van der Waals surface area (Å²) in [4.78, 5) is 105. The molecule has 278 valence electrons. The molecule has 22 nitrogen and oxygen atoms in total. The highest BCUT2D eigenvalue weighted by molar-refractivity contribution is 5.95. The zero-order valence-electron chi connectivity index (χ0n) is 27.8. The van der Waals surface area contributed by atoms with Crippen LogP contribution >= 0.6 is 0 Å². The number of nitrogens with zero attached hydrogens (tertiary/aromatic N) is 4. The van der Waals surface area contributed by atoms with Gasteiger partial charge in [0.15, 0.2) is 0 Å². The van der Waals surface area contributed by atoms with Gasteiger partial charge in [-0.05, 0) is 12.8 Å². The van der Waals surface area contributed by atoms with Crippen LogP contribution in [0.2, 0.25) is 0 Å². The number of urea groups is 1. The lowest BCUT2D eigenvalue weighted by atomic mass is 10.0. The van der Waals surface area contributed by atoms with E-state index in [0.29, 0.717) is 22.8 Å². The third-order valence-electron chi connectivity index (χ3n) is 7.71. The van der Waals surface area contributed by atoms with E-state index in [4.69, 9.17) is 11.5 Å². The summed E-state index contributed by atoms with van der Waals surface area (Å²) >= 11 is 0. The molecule has 6 amide bonds. The molecule has 0 fully saturated rings. The number of primary amides is 1. The zero-order valence-corrected chi connectivity index (χ0v) is 27.8. The molecule has 0 aliphatic rings. The van der Waals surface area contributed by atoms with Crippen molar-refractivity contribution in [3.8, 4) is 0 Å². The summed E-state index contributed by atoms with van der Waals surface area (Å²) in [6.07, 6.45) is 11.5. The maximum Gasteiger partial charge on any atom is 0.326 e. The molecule has 4 aromatic heterocycles. The van der Waals surface area contributed by atoms with Crippen molar-refractivity contribution in [2.75, 3.05) is 6.54 Å². The average molecular weight is 724 g/mol. The smallest absolute Gasteiger partial charge is 0.326 e. The number of carbonyl (C=O) groups is 6. The van der Waals surface area contributed by atoms with Crippen LogP contribution in [-0.4, -0.2) is 117 Å². The van der Waals surface area contributed by atoms with Gasteiger partial charge in [0.2, 0.25) is 23.6 Å². The van der Waals surface area contributed by atoms with Gasteiger partial charge < -0.3 is 63.1 Å². The van der Waals surface area contributed by atoms with E-state index in [-0.39, 0.29) is 45.1 Å². The predicted molar refractivity (Wildman–Crippen MR) is 179 cm³/mol. The van der Waals surface area contributed by atoms with Crippen LogP contribution in [0.25, 0.3) is 0 Å². The van der Waals surface area contributed by atoms with Gasteiger partial charge in [-0.3, -0.25) is 19.2 Å². The van der Waals surface area contributed by atoms with Gasteiger partial charge in [-0.15, -0.1) is 0 Å². The summed E-state index contributed by atoms with van der Waals surface area (Å²) in [6.45, 7) is 0.0507. The first-order valence-corrected chi connectivity index (χ1v) is 16.1. The molecule has 0 aliphatic heterocycles. The lowest BCUT2D eigenvalue weighted by Gasteiger charge is -2.26. The fraction of sp³-hybridized carbons (Fsp3) is 0.400. The second kappa shape index (κ2) is 19.0. The van der Waals surface area contributed by atoms with Crippen molar-refractivity contribution in [1.29, 1.82) is 0 Å². The van der Waals surface area contributed by atoms with Crippen LogP contribution in [0.1, 0.15) is 35.6 Å². The van der Waals surface area contributed by atoms with Crippen molar-refractivity contribution >= 4 is 35.6 Å². The van der Waals surface area contributed by atoms with Crippen LogP contribution < -0.4 is 38.1 Å². The first-order valence-electron chi connectivity index (χ1n) is 16.1. The second-order valence-corrected chi connectivity index (χ2v) is 11.7. The quantitative estimate of drug-likeness (QED) is 0.0375. The van der Waals surface area contributed by atoms with Crippen LogP contribution in [0.4, 0.5) is 4.79 Å². The second-order valence-electron chi connectivity index (χ2n) is 11.7. The molecule has 22 heteroatoms. The van der Waals surface area contributed by atoms with Gasteiger partial charge >= 0.3 is 12.0 Å². The molecule has 4 heterocycles. The number of hydrogen-bond acceptors (Lipinski definition) is 11. The maximum atomic E-state index is 13.9. The Morgan fingerprint density at radius 3 is 1.40 bits per heavy atom. The molecular weight excluding hydrogens is 682 g/mol. The summed E-state index contributed by atoms with van der Waals surface area (Å²) in [7, 11) is 0. The topological polar surface area (TPSA) is 350 Å². The minimum absolute atomic E-state index is 0.0484. The van der Waals surface area contributed by atoms with Gasteiger partial charge in [0.05, 0.1) is 54.1 Å². The van der Waals surface area contributed by atoms with Crippen LogP contribution in [-0.2, 0) is 49.7 Å². The van der Waals surface area contributed by atoms with Gasteiger partial charge in [0.1, 0.15) is 24.2 Å². The number of carboxylic acid groups (broad SMARTS) is 1. The minimum atomic E-state index is -1.39. The predicted octanol–water partition coefficient (Wildman–Crippen LogP) is -3.35. The lowest BCUT2D eigenvalue weighted by molar-refractivity contribution is -0.142. The molecule has 0 unspecified atom stereocenters. The highest BCUT2D eigenvalue weighted by Gasteiger charge is 2.33. The average Bonchev–Trinajstić information content (AvgIpc) is 3.94. The molecular formula is C30H41N15O7.